The number of nitrogens with two attached hydrogens (primary N) is 1. The number of aromatic nitrogens is 2. The number of oxime groups is 1. The van der Waals surface area contributed by atoms with E-state index in [2.05, 4.69) is 31.1 Å². The number of rotatable bonds is 4. The van der Waals surface area contributed by atoms with Crippen molar-refractivity contribution in [3.63, 3.8) is 0 Å². The summed E-state index contributed by atoms with van der Waals surface area (Å²) in [7, 11) is 0. The van der Waals surface area contributed by atoms with Crippen LogP contribution in [-0.2, 0) is 5.75 Å². The number of nitrogens with zero attached hydrogens (tertiary/aromatic N) is 3. The lowest BCUT2D eigenvalue weighted by Crippen LogP contribution is -2.15. The molecule has 0 aliphatic carbocycles. The summed E-state index contributed by atoms with van der Waals surface area (Å²) in [5.41, 5.74) is 6.99. The van der Waals surface area contributed by atoms with Crippen molar-refractivity contribution in [2.45, 2.75) is 10.8 Å². The lowest BCUT2D eigenvalue weighted by atomic mass is 10.2. The van der Waals surface area contributed by atoms with Crippen molar-refractivity contribution >= 4 is 33.5 Å². The van der Waals surface area contributed by atoms with Crippen LogP contribution in [0.25, 0.3) is 0 Å². The van der Waals surface area contributed by atoms with Crippen LogP contribution in [0.5, 0.6) is 0 Å². The summed E-state index contributed by atoms with van der Waals surface area (Å²) in [6.07, 6.45) is 3.39. The third-order valence-corrected chi connectivity index (χ3v) is 4.27. The fourth-order valence-electron chi connectivity index (χ4n) is 1.38. The zero-order chi connectivity index (χ0) is 13.7. The minimum atomic E-state index is 0.00543. The van der Waals surface area contributed by atoms with Gasteiger partial charge in [0, 0.05) is 22.6 Å². The number of hydrogen-bond acceptors (Lipinski definition) is 5. The maximum absolute atomic E-state index is 8.62. The van der Waals surface area contributed by atoms with Crippen LogP contribution in [0.2, 0.25) is 0 Å². The Hall–Kier alpha value is -1.60. The number of amidine groups is 1. The van der Waals surface area contributed by atoms with E-state index < -0.39 is 0 Å². The highest BCUT2D eigenvalue weighted by molar-refractivity contribution is 9.10. The Kier molecular flexibility index (Phi) is 4.75. The van der Waals surface area contributed by atoms with Crippen molar-refractivity contribution in [2.24, 2.45) is 10.9 Å². The van der Waals surface area contributed by atoms with Gasteiger partial charge in [-0.3, -0.25) is 4.98 Å². The smallest absolute Gasteiger partial charge is 0.188 e. The van der Waals surface area contributed by atoms with Gasteiger partial charge in [-0.2, -0.15) is 0 Å². The van der Waals surface area contributed by atoms with Crippen LogP contribution in [-0.4, -0.2) is 21.0 Å². The Bertz CT molecular complexity index is 606. The summed E-state index contributed by atoms with van der Waals surface area (Å²) in [6.45, 7) is 0. The molecule has 0 amide bonds. The molecule has 0 aliphatic rings. The molecule has 0 fully saturated rings. The molecule has 19 heavy (non-hydrogen) atoms. The van der Waals surface area contributed by atoms with E-state index in [1.807, 2.05) is 18.2 Å². The molecule has 0 spiro atoms. The molecule has 0 unspecified atom stereocenters. The van der Waals surface area contributed by atoms with Gasteiger partial charge in [-0.25, -0.2) is 4.98 Å². The van der Waals surface area contributed by atoms with Crippen LogP contribution in [0.4, 0.5) is 0 Å². The van der Waals surface area contributed by atoms with Gasteiger partial charge >= 0.3 is 0 Å². The molecule has 0 saturated heterocycles. The van der Waals surface area contributed by atoms with Gasteiger partial charge in [0.2, 0.25) is 0 Å². The molecule has 0 atom stereocenters. The molecule has 98 valence electrons. The minimum absolute atomic E-state index is 0.00543. The fourth-order valence-corrected chi connectivity index (χ4v) is 2.81. The van der Waals surface area contributed by atoms with Crippen molar-refractivity contribution < 1.29 is 5.21 Å². The Morgan fingerprint density at radius 2 is 2.21 bits per heavy atom. The first-order valence-corrected chi connectivity index (χ1v) is 7.14. The Balaban J connectivity index is 2.10. The van der Waals surface area contributed by atoms with Gasteiger partial charge in [0.05, 0.1) is 0 Å². The van der Waals surface area contributed by atoms with E-state index in [1.54, 1.807) is 30.2 Å². The van der Waals surface area contributed by atoms with Gasteiger partial charge in [-0.05, 0) is 45.8 Å². The fraction of sp³-hybridized carbons (Fsp3) is 0.0833. The average molecular weight is 339 g/mol. The van der Waals surface area contributed by atoms with Gasteiger partial charge in [0.1, 0.15) is 10.7 Å². The van der Waals surface area contributed by atoms with Gasteiger partial charge in [0.15, 0.2) is 5.84 Å². The first kappa shape index (κ1) is 13.8. The molecule has 3 N–H and O–H groups in total. The van der Waals surface area contributed by atoms with Crippen LogP contribution in [0.1, 0.15) is 11.3 Å². The van der Waals surface area contributed by atoms with E-state index in [9.17, 15) is 0 Å². The third kappa shape index (κ3) is 3.68. The molecule has 0 bridgehead atoms. The van der Waals surface area contributed by atoms with Gasteiger partial charge in [-0.15, -0.1) is 11.8 Å². The minimum Gasteiger partial charge on any atom is -0.409 e. The van der Waals surface area contributed by atoms with Crippen LogP contribution in [0.3, 0.4) is 0 Å². The van der Waals surface area contributed by atoms with Crippen LogP contribution in [0, 0.1) is 0 Å². The molecule has 5 nitrogen and oxygen atoms in total. The van der Waals surface area contributed by atoms with Crippen LogP contribution in [0.15, 0.2) is 51.3 Å². The highest BCUT2D eigenvalue weighted by atomic mass is 79.9. The summed E-state index contributed by atoms with van der Waals surface area (Å²) >= 11 is 5.05. The Morgan fingerprint density at radius 1 is 1.37 bits per heavy atom. The SMILES string of the molecule is NC(=NO)c1cc(CSc2ncccc2Br)ccn1. The molecular weight excluding hydrogens is 328 g/mol. The molecule has 2 aromatic rings. The summed E-state index contributed by atoms with van der Waals surface area (Å²) < 4.78 is 0.964. The number of hydrogen-bond donors (Lipinski definition) is 2. The standard InChI is InChI=1S/C12H11BrN4OS/c13-9-2-1-4-16-12(9)19-7-8-3-5-15-10(6-8)11(14)17-18/h1-6,18H,7H2,(H2,14,17). The van der Waals surface area contributed by atoms with Gasteiger partial charge < -0.3 is 10.9 Å². The maximum atomic E-state index is 8.62. The number of thioether (sulfide) groups is 1. The Morgan fingerprint density at radius 3 is 2.95 bits per heavy atom. The predicted octanol–water partition coefficient (Wildman–Crippen LogP) is 2.63. The van der Waals surface area contributed by atoms with Crippen LogP contribution >= 0.6 is 27.7 Å². The summed E-state index contributed by atoms with van der Waals surface area (Å²) in [4.78, 5) is 8.31. The predicted molar refractivity (Wildman–Crippen MR) is 78.2 cm³/mol. The highest BCUT2D eigenvalue weighted by Crippen LogP contribution is 2.27. The second kappa shape index (κ2) is 6.53. The molecule has 2 heterocycles. The summed E-state index contributed by atoms with van der Waals surface area (Å²) in [6, 6.07) is 7.50. The molecule has 0 aliphatic heterocycles. The van der Waals surface area contributed by atoms with Crippen molar-refractivity contribution in [1.29, 1.82) is 0 Å². The topological polar surface area (TPSA) is 84.4 Å². The highest BCUT2D eigenvalue weighted by Gasteiger charge is 2.05. The van der Waals surface area contributed by atoms with Crippen LogP contribution < -0.4 is 5.73 Å². The first-order chi connectivity index (χ1) is 9.20. The number of halogens is 1. The summed E-state index contributed by atoms with van der Waals surface area (Å²) in [5.74, 6) is 0.731. The average Bonchev–Trinajstić information content (AvgIpc) is 2.46. The van der Waals surface area contributed by atoms with Crippen molar-refractivity contribution in [2.75, 3.05) is 0 Å². The molecule has 2 aromatic heterocycles. The second-order valence-electron chi connectivity index (χ2n) is 3.61. The molecule has 2 rings (SSSR count). The monoisotopic (exact) mass is 338 g/mol. The molecule has 7 heteroatoms. The third-order valence-electron chi connectivity index (χ3n) is 2.29. The second-order valence-corrected chi connectivity index (χ2v) is 5.43. The quantitative estimate of drug-likeness (QED) is 0.294. The maximum Gasteiger partial charge on any atom is 0.188 e. The number of pyridine rings is 2. The van der Waals surface area contributed by atoms with Crippen molar-refractivity contribution in [3.8, 4) is 0 Å². The molecule has 0 aromatic carbocycles. The van der Waals surface area contributed by atoms with Crippen molar-refractivity contribution in [3.05, 3.63) is 52.4 Å². The molecule has 0 saturated carbocycles. The molecular formula is C12H11BrN4OS. The lowest BCUT2D eigenvalue weighted by molar-refractivity contribution is 0.318. The van der Waals surface area contributed by atoms with E-state index in [0.717, 1.165) is 20.8 Å². The van der Waals surface area contributed by atoms with E-state index in [4.69, 9.17) is 10.9 Å². The zero-order valence-corrected chi connectivity index (χ0v) is 12.2. The van der Waals surface area contributed by atoms with E-state index in [-0.39, 0.29) is 5.84 Å². The summed E-state index contributed by atoms with van der Waals surface area (Å²) in [5, 5.41) is 12.5. The first-order valence-electron chi connectivity index (χ1n) is 5.37. The lowest BCUT2D eigenvalue weighted by Gasteiger charge is -2.04. The normalized spacial score (nSPS) is 11.5. The van der Waals surface area contributed by atoms with E-state index in [1.165, 1.54) is 0 Å². The van der Waals surface area contributed by atoms with Crippen molar-refractivity contribution in [1.82, 2.24) is 9.97 Å². The van der Waals surface area contributed by atoms with E-state index in [0.29, 0.717) is 5.69 Å². The van der Waals surface area contributed by atoms with Gasteiger partial charge in [0.25, 0.3) is 0 Å². The molecule has 0 radical (unpaired) electrons. The largest absolute Gasteiger partial charge is 0.409 e. The van der Waals surface area contributed by atoms with Gasteiger partial charge in [-0.1, -0.05) is 5.16 Å². The zero-order valence-electron chi connectivity index (χ0n) is 9.82. The Labute approximate surface area is 123 Å². The van der Waals surface area contributed by atoms with E-state index >= 15 is 0 Å².